The van der Waals surface area contributed by atoms with E-state index in [1.165, 1.54) is 32.1 Å². The van der Waals surface area contributed by atoms with Gasteiger partial charge in [-0.15, -0.1) is 0 Å². The summed E-state index contributed by atoms with van der Waals surface area (Å²) in [6.07, 6.45) is 6.39. The number of hydrogen-bond acceptors (Lipinski definition) is 3. The molecule has 2 rings (SSSR count). The van der Waals surface area contributed by atoms with Crippen LogP contribution in [0.15, 0.2) is 0 Å². The van der Waals surface area contributed by atoms with Gasteiger partial charge in [-0.05, 0) is 38.5 Å². The van der Waals surface area contributed by atoms with E-state index in [2.05, 4.69) is 38.0 Å². The molecule has 1 aliphatic rings. The first-order valence-corrected chi connectivity index (χ1v) is 8.50. The number of nitrogens with one attached hydrogen (secondary N) is 1. The lowest BCUT2D eigenvalue weighted by Gasteiger charge is -2.29. The predicted octanol–water partition coefficient (Wildman–Crippen LogP) is 5.12. The van der Waals surface area contributed by atoms with Crippen molar-refractivity contribution in [1.29, 1.82) is 0 Å². The standard InChI is InChI=1S/C17H28ClN3/c1-6-12-7-9-13(10-8-12)19-15-11(2)14(18)20-16(21-15)17(3,4)5/h12-13H,6-10H2,1-5H3,(H,19,20,21). The van der Waals surface area contributed by atoms with E-state index in [1.807, 2.05) is 6.92 Å². The Morgan fingerprint density at radius 2 is 1.76 bits per heavy atom. The SMILES string of the molecule is CCC1CCC(Nc2nc(C(C)(C)C)nc(Cl)c2C)CC1. The van der Waals surface area contributed by atoms with Crippen LogP contribution in [-0.2, 0) is 5.41 Å². The van der Waals surface area contributed by atoms with Gasteiger partial charge in [0.05, 0.1) is 0 Å². The highest BCUT2D eigenvalue weighted by Gasteiger charge is 2.24. The highest BCUT2D eigenvalue weighted by atomic mass is 35.5. The Labute approximate surface area is 133 Å². The number of nitrogens with zero attached hydrogens (tertiary/aromatic N) is 2. The fraction of sp³-hybridized carbons (Fsp3) is 0.765. The molecule has 0 saturated heterocycles. The second-order valence-electron chi connectivity index (χ2n) is 7.33. The average molecular weight is 310 g/mol. The summed E-state index contributed by atoms with van der Waals surface area (Å²) in [7, 11) is 0. The molecule has 0 amide bonds. The minimum absolute atomic E-state index is 0.0896. The number of hydrogen-bond donors (Lipinski definition) is 1. The van der Waals surface area contributed by atoms with Crippen LogP contribution in [-0.4, -0.2) is 16.0 Å². The lowest BCUT2D eigenvalue weighted by Crippen LogP contribution is -2.27. The second-order valence-corrected chi connectivity index (χ2v) is 7.69. The van der Waals surface area contributed by atoms with E-state index in [9.17, 15) is 0 Å². The van der Waals surface area contributed by atoms with Gasteiger partial charge in [-0.1, -0.05) is 45.7 Å². The molecule has 1 aliphatic carbocycles. The van der Waals surface area contributed by atoms with Crippen LogP contribution in [0, 0.1) is 12.8 Å². The summed E-state index contributed by atoms with van der Waals surface area (Å²) in [4.78, 5) is 9.17. The normalized spacial score (nSPS) is 23.1. The van der Waals surface area contributed by atoms with Gasteiger partial charge in [-0.25, -0.2) is 9.97 Å². The summed E-state index contributed by atoms with van der Waals surface area (Å²) in [5.74, 6) is 2.63. The molecular formula is C17H28ClN3. The number of rotatable bonds is 3. The summed E-state index contributed by atoms with van der Waals surface area (Å²) in [5, 5.41) is 4.18. The number of anilines is 1. The molecule has 0 spiro atoms. The molecule has 0 aliphatic heterocycles. The minimum atomic E-state index is -0.0896. The summed E-state index contributed by atoms with van der Waals surface area (Å²) < 4.78 is 0. The van der Waals surface area contributed by atoms with Crippen molar-refractivity contribution in [3.8, 4) is 0 Å². The monoisotopic (exact) mass is 309 g/mol. The van der Waals surface area contributed by atoms with Gasteiger partial charge >= 0.3 is 0 Å². The average Bonchev–Trinajstić information content (AvgIpc) is 2.43. The van der Waals surface area contributed by atoms with Crippen LogP contribution in [0.4, 0.5) is 5.82 Å². The third-order valence-electron chi connectivity index (χ3n) is 4.52. The Bertz CT molecular complexity index is 486. The number of halogens is 1. The maximum absolute atomic E-state index is 6.30. The van der Waals surface area contributed by atoms with Gasteiger partial charge in [-0.2, -0.15) is 0 Å². The molecule has 21 heavy (non-hydrogen) atoms. The van der Waals surface area contributed by atoms with Crippen molar-refractivity contribution in [3.63, 3.8) is 0 Å². The summed E-state index contributed by atoms with van der Waals surface area (Å²) >= 11 is 6.30. The first-order valence-electron chi connectivity index (χ1n) is 8.12. The lowest BCUT2D eigenvalue weighted by molar-refractivity contribution is 0.329. The van der Waals surface area contributed by atoms with Crippen molar-refractivity contribution in [3.05, 3.63) is 16.5 Å². The van der Waals surface area contributed by atoms with Gasteiger partial charge < -0.3 is 5.32 Å². The maximum atomic E-state index is 6.30. The zero-order valence-electron chi connectivity index (χ0n) is 14.0. The third-order valence-corrected chi connectivity index (χ3v) is 4.89. The topological polar surface area (TPSA) is 37.8 Å². The van der Waals surface area contributed by atoms with E-state index >= 15 is 0 Å². The number of aromatic nitrogens is 2. The van der Waals surface area contributed by atoms with E-state index in [0.717, 1.165) is 23.1 Å². The van der Waals surface area contributed by atoms with Crippen molar-refractivity contribution in [2.75, 3.05) is 5.32 Å². The van der Waals surface area contributed by atoms with Crippen molar-refractivity contribution in [2.45, 2.75) is 78.2 Å². The Hall–Kier alpha value is -0.830. The summed E-state index contributed by atoms with van der Waals surface area (Å²) in [6.45, 7) is 10.6. The van der Waals surface area contributed by atoms with E-state index in [4.69, 9.17) is 16.6 Å². The van der Waals surface area contributed by atoms with Crippen LogP contribution in [0.25, 0.3) is 0 Å². The Kier molecular flexibility index (Phi) is 5.13. The molecule has 1 heterocycles. The van der Waals surface area contributed by atoms with Gasteiger partial charge in [-0.3, -0.25) is 0 Å². The van der Waals surface area contributed by atoms with Crippen LogP contribution in [0.3, 0.4) is 0 Å². The molecule has 1 N–H and O–H groups in total. The molecule has 0 unspecified atom stereocenters. The van der Waals surface area contributed by atoms with Crippen molar-refractivity contribution < 1.29 is 0 Å². The van der Waals surface area contributed by atoms with Gasteiger partial charge in [0.1, 0.15) is 16.8 Å². The first-order chi connectivity index (χ1) is 9.81. The largest absolute Gasteiger partial charge is 0.367 e. The smallest absolute Gasteiger partial charge is 0.137 e. The van der Waals surface area contributed by atoms with E-state index in [1.54, 1.807) is 0 Å². The molecule has 1 aromatic heterocycles. The van der Waals surface area contributed by atoms with Crippen LogP contribution in [0.5, 0.6) is 0 Å². The van der Waals surface area contributed by atoms with E-state index in [-0.39, 0.29) is 5.41 Å². The zero-order valence-corrected chi connectivity index (χ0v) is 14.7. The first kappa shape index (κ1) is 16.5. The molecule has 0 bridgehead atoms. The molecule has 118 valence electrons. The fourth-order valence-corrected chi connectivity index (χ4v) is 3.04. The Morgan fingerprint density at radius 1 is 1.14 bits per heavy atom. The third kappa shape index (κ3) is 4.09. The molecule has 1 fully saturated rings. The van der Waals surface area contributed by atoms with Crippen molar-refractivity contribution >= 4 is 17.4 Å². The van der Waals surface area contributed by atoms with Crippen LogP contribution in [0.2, 0.25) is 5.15 Å². The van der Waals surface area contributed by atoms with Gasteiger partial charge in [0, 0.05) is 17.0 Å². The molecular weight excluding hydrogens is 282 g/mol. The summed E-state index contributed by atoms with van der Waals surface area (Å²) in [5.41, 5.74) is 0.871. The lowest BCUT2D eigenvalue weighted by atomic mass is 9.84. The van der Waals surface area contributed by atoms with Crippen LogP contribution in [0.1, 0.15) is 71.2 Å². The Morgan fingerprint density at radius 3 is 2.29 bits per heavy atom. The summed E-state index contributed by atoms with van der Waals surface area (Å²) in [6, 6.07) is 0.519. The van der Waals surface area contributed by atoms with Gasteiger partial charge in [0.25, 0.3) is 0 Å². The fourth-order valence-electron chi connectivity index (χ4n) is 2.87. The van der Waals surface area contributed by atoms with E-state index < -0.39 is 0 Å². The highest BCUT2D eigenvalue weighted by molar-refractivity contribution is 6.30. The molecule has 0 radical (unpaired) electrons. The van der Waals surface area contributed by atoms with Crippen LogP contribution < -0.4 is 5.32 Å². The maximum Gasteiger partial charge on any atom is 0.137 e. The van der Waals surface area contributed by atoms with Gasteiger partial charge in [0.15, 0.2) is 0 Å². The van der Waals surface area contributed by atoms with E-state index in [0.29, 0.717) is 11.2 Å². The predicted molar refractivity (Wildman–Crippen MR) is 90.1 cm³/mol. The van der Waals surface area contributed by atoms with Crippen molar-refractivity contribution in [2.24, 2.45) is 5.92 Å². The molecule has 0 aromatic carbocycles. The minimum Gasteiger partial charge on any atom is -0.367 e. The van der Waals surface area contributed by atoms with Crippen LogP contribution >= 0.6 is 11.6 Å². The van der Waals surface area contributed by atoms with Gasteiger partial charge in [0.2, 0.25) is 0 Å². The quantitative estimate of drug-likeness (QED) is 0.788. The molecule has 0 atom stereocenters. The molecule has 4 heteroatoms. The Balaban J connectivity index is 2.14. The second kappa shape index (κ2) is 6.51. The molecule has 1 aromatic rings. The molecule has 3 nitrogen and oxygen atoms in total. The molecule has 1 saturated carbocycles. The zero-order chi connectivity index (χ0) is 15.6. The highest BCUT2D eigenvalue weighted by Crippen LogP contribution is 2.31. The van der Waals surface area contributed by atoms with Crippen molar-refractivity contribution in [1.82, 2.24) is 9.97 Å².